The van der Waals surface area contributed by atoms with Crippen LogP contribution in [0.1, 0.15) is 17.0 Å². The van der Waals surface area contributed by atoms with Crippen molar-refractivity contribution in [2.24, 2.45) is 0 Å². The van der Waals surface area contributed by atoms with E-state index in [0.29, 0.717) is 5.69 Å². The second-order valence-electron chi connectivity index (χ2n) is 4.78. The smallest absolute Gasteiger partial charge is 0.326 e. The minimum absolute atomic E-state index is 0.198. The standard InChI is InChI=1S/C12H14N6O3/c19-11(20)10-1-8-9(15-6-14-8)5-18(10)12(21)13-2-7-3-16-17-4-7/h3-4,6,10H,1-2,5H2,(H,13,21)(H,14,15)(H,16,17)(H,19,20). The Morgan fingerprint density at radius 3 is 3.10 bits per heavy atom. The maximum atomic E-state index is 12.2. The first-order valence-electron chi connectivity index (χ1n) is 6.41. The fourth-order valence-electron chi connectivity index (χ4n) is 2.32. The van der Waals surface area contributed by atoms with Gasteiger partial charge in [-0.25, -0.2) is 14.6 Å². The first kappa shape index (κ1) is 13.2. The molecule has 3 rings (SSSR count). The summed E-state index contributed by atoms with van der Waals surface area (Å²) in [7, 11) is 0. The zero-order valence-electron chi connectivity index (χ0n) is 11.0. The number of H-pyrrole nitrogens is 2. The van der Waals surface area contributed by atoms with Crippen molar-refractivity contribution in [1.29, 1.82) is 0 Å². The molecule has 0 spiro atoms. The molecule has 9 nitrogen and oxygen atoms in total. The van der Waals surface area contributed by atoms with Gasteiger partial charge < -0.3 is 20.3 Å². The summed E-state index contributed by atoms with van der Waals surface area (Å²) >= 11 is 0. The van der Waals surface area contributed by atoms with Crippen molar-refractivity contribution in [2.75, 3.05) is 0 Å². The first-order chi connectivity index (χ1) is 10.1. The third-order valence-electron chi connectivity index (χ3n) is 3.44. The molecule has 0 bridgehead atoms. The van der Waals surface area contributed by atoms with E-state index >= 15 is 0 Å². The number of rotatable bonds is 3. The topological polar surface area (TPSA) is 127 Å². The number of carboxylic acids is 1. The lowest BCUT2D eigenvalue weighted by molar-refractivity contribution is -0.142. The van der Waals surface area contributed by atoms with Crippen LogP contribution in [-0.2, 0) is 24.3 Å². The molecule has 3 heterocycles. The molecule has 1 aliphatic heterocycles. The Hall–Kier alpha value is -2.84. The summed E-state index contributed by atoms with van der Waals surface area (Å²) in [6.07, 6.45) is 4.97. The van der Waals surface area contributed by atoms with Gasteiger partial charge in [0.15, 0.2) is 0 Å². The molecule has 2 amide bonds. The average molecular weight is 290 g/mol. The molecule has 21 heavy (non-hydrogen) atoms. The normalized spacial score (nSPS) is 17.3. The molecule has 2 aromatic rings. The average Bonchev–Trinajstić information content (AvgIpc) is 3.13. The van der Waals surface area contributed by atoms with Gasteiger partial charge in [-0.15, -0.1) is 0 Å². The Morgan fingerprint density at radius 2 is 2.38 bits per heavy atom. The number of carbonyl (C=O) groups is 2. The summed E-state index contributed by atoms with van der Waals surface area (Å²) in [5.41, 5.74) is 2.28. The molecule has 1 unspecified atom stereocenters. The molecule has 2 aromatic heterocycles. The zero-order valence-corrected chi connectivity index (χ0v) is 11.0. The first-order valence-corrected chi connectivity index (χ1v) is 6.41. The zero-order chi connectivity index (χ0) is 14.8. The summed E-state index contributed by atoms with van der Waals surface area (Å²) in [4.78, 5) is 31.9. The SMILES string of the molecule is O=C(O)C1Cc2nc[nH]c2CN1C(=O)NCc1cn[nH]c1. The molecule has 0 fully saturated rings. The van der Waals surface area contributed by atoms with Crippen LogP contribution in [0.15, 0.2) is 18.7 Å². The monoisotopic (exact) mass is 290 g/mol. The second kappa shape index (κ2) is 5.27. The summed E-state index contributed by atoms with van der Waals surface area (Å²) < 4.78 is 0. The van der Waals surface area contributed by atoms with E-state index in [1.807, 2.05) is 0 Å². The van der Waals surface area contributed by atoms with Gasteiger partial charge in [0.1, 0.15) is 6.04 Å². The number of hydrogen-bond acceptors (Lipinski definition) is 4. The molecule has 9 heteroatoms. The highest BCUT2D eigenvalue weighted by molar-refractivity contribution is 5.83. The number of carboxylic acid groups (broad SMARTS) is 1. The molecule has 0 radical (unpaired) electrons. The van der Waals surface area contributed by atoms with Gasteiger partial charge in [0.05, 0.1) is 30.5 Å². The molecular weight excluding hydrogens is 276 g/mol. The number of nitrogens with zero attached hydrogens (tertiary/aromatic N) is 3. The van der Waals surface area contributed by atoms with Gasteiger partial charge in [-0.1, -0.05) is 0 Å². The van der Waals surface area contributed by atoms with E-state index in [2.05, 4.69) is 25.5 Å². The van der Waals surface area contributed by atoms with E-state index in [1.54, 1.807) is 12.4 Å². The van der Waals surface area contributed by atoms with Gasteiger partial charge in [-0.05, 0) is 0 Å². The number of urea groups is 1. The summed E-state index contributed by atoms with van der Waals surface area (Å²) in [6, 6.07) is -1.34. The molecule has 0 saturated heterocycles. The Bertz CT molecular complexity index is 650. The predicted octanol–water partition coefficient (Wildman–Crippen LogP) is -0.146. The summed E-state index contributed by atoms with van der Waals surface area (Å²) in [6.45, 7) is 0.484. The number of aliphatic carboxylic acids is 1. The lowest BCUT2D eigenvalue weighted by atomic mass is 10.0. The van der Waals surface area contributed by atoms with E-state index in [0.717, 1.165) is 11.3 Å². The number of aromatic amines is 2. The molecular formula is C12H14N6O3. The largest absolute Gasteiger partial charge is 0.480 e. The highest BCUT2D eigenvalue weighted by atomic mass is 16.4. The Kier molecular flexibility index (Phi) is 3.30. The second-order valence-corrected chi connectivity index (χ2v) is 4.78. The van der Waals surface area contributed by atoms with Crippen LogP contribution < -0.4 is 5.32 Å². The van der Waals surface area contributed by atoms with Gasteiger partial charge in [-0.2, -0.15) is 5.10 Å². The van der Waals surface area contributed by atoms with E-state index < -0.39 is 18.0 Å². The minimum atomic E-state index is -1.04. The van der Waals surface area contributed by atoms with E-state index in [1.165, 1.54) is 11.2 Å². The Morgan fingerprint density at radius 1 is 1.52 bits per heavy atom. The Balaban J connectivity index is 1.72. The van der Waals surface area contributed by atoms with Crippen LogP contribution in [0.2, 0.25) is 0 Å². The number of aromatic nitrogens is 4. The predicted molar refractivity (Wildman–Crippen MR) is 70.1 cm³/mol. The van der Waals surface area contributed by atoms with Crippen LogP contribution in [0, 0.1) is 0 Å². The lowest BCUT2D eigenvalue weighted by Crippen LogP contribution is -2.52. The molecule has 1 aliphatic rings. The Labute approximate surface area is 119 Å². The van der Waals surface area contributed by atoms with Gasteiger partial charge >= 0.3 is 12.0 Å². The van der Waals surface area contributed by atoms with Crippen molar-refractivity contribution in [2.45, 2.75) is 25.6 Å². The molecule has 1 atom stereocenters. The van der Waals surface area contributed by atoms with Crippen molar-refractivity contribution >= 4 is 12.0 Å². The fraction of sp³-hybridized carbons (Fsp3) is 0.333. The van der Waals surface area contributed by atoms with Crippen LogP contribution in [-0.4, -0.2) is 48.2 Å². The molecule has 4 N–H and O–H groups in total. The van der Waals surface area contributed by atoms with Crippen molar-refractivity contribution < 1.29 is 14.7 Å². The fourth-order valence-corrected chi connectivity index (χ4v) is 2.32. The van der Waals surface area contributed by atoms with Crippen LogP contribution in [0.4, 0.5) is 4.79 Å². The van der Waals surface area contributed by atoms with Gasteiger partial charge in [0.2, 0.25) is 0 Å². The van der Waals surface area contributed by atoms with E-state index in [4.69, 9.17) is 0 Å². The quantitative estimate of drug-likeness (QED) is 0.625. The number of carbonyl (C=O) groups excluding carboxylic acids is 1. The van der Waals surface area contributed by atoms with Crippen LogP contribution >= 0.6 is 0 Å². The van der Waals surface area contributed by atoms with Crippen molar-refractivity contribution in [1.82, 2.24) is 30.4 Å². The summed E-state index contributed by atoms with van der Waals surface area (Å²) in [5.74, 6) is -1.04. The number of nitrogens with one attached hydrogen (secondary N) is 3. The number of fused-ring (bicyclic) bond motifs is 1. The number of imidazole rings is 1. The van der Waals surface area contributed by atoms with Gasteiger partial charge in [0, 0.05) is 24.7 Å². The molecule has 0 aromatic carbocycles. The van der Waals surface area contributed by atoms with E-state index in [-0.39, 0.29) is 19.5 Å². The molecule has 0 saturated carbocycles. The molecule has 110 valence electrons. The van der Waals surface area contributed by atoms with Crippen molar-refractivity contribution in [3.05, 3.63) is 35.7 Å². The highest BCUT2D eigenvalue weighted by Gasteiger charge is 2.35. The van der Waals surface area contributed by atoms with Crippen molar-refractivity contribution in [3.63, 3.8) is 0 Å². The highest BCUT2D eigenvalue weighted by Crippen LogP contribution is 2.20. The van der Waals surface area contributed by atoms with Gasteiger partial charge in [0.25, 0.3) is 0 Å². The lowest BCUT2D eigenvalue weighted by Gasteiger charge is -2.32. The summed E-state index contributed by atoms with van der Waals surface area (Å²) in [5, 5.41) is 18.4. The minimum Gasteiger partial charge on any atom is -0.480 e. The van der Waals surface area contributed by atoms with Crippen LogP contribution in [0.25, 0.3) is 0 Å². The number of amides is 2. The van der Waals surface area contributed by atoms with Gasteiger partial charge in [-0.3, -0.25) is 5.10 Å². The maximum Gasteiger partial charge on any atom is 0.326 e. The van der Waals surface area contributed by atoms with Crippen molar-refractivity contribution in [3.8, 4) is 0 Å². The number of hydrogen-bond donors (Lipinski definition) is 4. The third-order valence-corrected chi connectivity index (χ3v) is 3.44. The van der Waals surface area contributed by atoms with E-state index in [9.17, 15) is 14.7 Å². The maximum absolute atomic E-state index is 12.2. The van der Waals surface area contributed by atoms with Crippen LogP contribution in [0.5, 0.6) is 0 Å². The van der Waals surface area contributed by atoms with Crippen LogP contribution in [0.3, 0.4) is 0 Å². The molecule has 0 aliphatic carbocycles. The third kappa shape index (κ3) is 2.57.